The molecule has 0 radical (unpaired) electrons. The van der Waals surface area contributed by atoms with E-state index in [1.807, 2.05) is 6.92 Å². The maximum Gasteiger partial charge on any atom is 0.408 e. The summed E-state index contributed by atoms with van der Waals surface area (Å²) in [4.78, 5) is 23.2. The van der Waals surface area contributed by atoms with Crippen LogP contribution in [-0.4, -0.2) is 35.6 Å². The van der Waals surface area contributed by atoms with Crippen LogP contribution in [0.25, 0.3) is 0 Å². The third kappa shape index (κ3) is 4.51. The van der Waals surface area contributed by atoms with Crippen LogP contribution < -0.4 is 14.8 Å². The van der Waals surface area contributed by atoms with E-state index in [0.29, 0.717) is 11.5 Å². The fraction of sp³-hybridized carbons (Fsp3) is 0.500. The highest BCUT2D eigenvalue weighted by Gasteiger charge is 2.26. The Bertz CT molecular complexity index is 620. The summed E-state index contributed by atoms with van der Waals surface area (Å²) in [5.41, 5.74) is 0.936. The van der Waals surface area contributed by atoms with E-state index in [-0.39, 0.29) is 13.2 Å². The lowest BCUT2D eigenvalue weighted by Gasteiger charge is -2.22. The van der Waals surface area contributed by atoms with E-state index in [1.165, 1.54) is 0 Å². The van der Waals surface area contributed by atoms with Gasteiger partial charge in [-0.2, -0.15) is 0 Å². The Hall–Kier alpha value is -2.44. The van der Waals surface area contributed by atoms with Crippen LogP contribution in [-0.2, 0) is 16.0 Å². The summed E-state index contributed by atoms with van der Waals surface area (Å²) in [6.07, 6.45) is -0.639. The Kier molecular flexibility index (Phi) is 4.68. The molecule has 0 fully saturated rings. The summed E-state index contributed by atoms with van der Waals surface area (Å²) in [7, 11) is 0. The maximum absolute atomic E-state index is 11.8. The van der Waals surface area contributed by atoms with Gasteiger partial charge in [0.15, 0.2) is 11.5 Å². The summed E-state index contributed by atoms with van der Waals surface area (Å²) in [6, 6.07) is 2.44. The van der Waals surface area contributed by atoms with E-state index in [9.17, 15) is 14.7 Å². The molecule has 23 heavy (non-hydrogen) atoms. The monoisotopic (exact) mass is 323 g/mol. The first kappa shape index (κ1) is 16.9. The Morgan fingerprint density at radius 1 is 1.30 bits per heavy atom. The number of nitrogens with one attached hydrogen (secondary N) is 1. The Balaban J connectivity index is 2.11. The van der Waals surface area contributed by atoms with E-state index in [4.69, 9.17) is 14.2 Å². The average Bonchev–Trinajstić information content (AvgIpc) is 2.82. The predicted molar refractivity (Wildman–Crippen MR) is 81.8 cm³/mol. The van der Waals surface area contributed by atoms with Crippen molar-refractivity contribution in [1.82, 2.24) is 5.32 Å². The molecule has 1 unspecified atom stereocenters. The Labute approximate surface area is 134 Å². The minimum Gasteiger partial charge on any atom is -0.480 e. The van der Waals surface area contributed by atoms with Crippen LogP contribution in [0.15, 0.2) is 12.1 Å². The van der Waals surface area contributed by atoms with Crippen molar-refractivity contribution >= 4 is 12.1 Å². The second-order valence-corrected chi connectivity index (χ2v) is 6.37. The molecule has 0 spiro atoms. The van der Waals surface area contributed by atoms with Crippen molar-refractivity contribution in [2.24, 2.45) is 0 Å². The highest BCUT2D eigenvalue weighted by molar-refractivity contribution is 5.80. The first-order valence-corrected chi connectivity index (χ1v) is 7.27. The van der Waals surface area contributed by atoms with Crippen LogP contribution in [0, 0.1) is 6.92 Å². The van der Waals surface area contributed by atoms with Gasteiger partial charge < -0.3 is 24.6 Å². The lowest BCUT2D eigenvalue weighted by molar-refractivity contribution is -0.139. The number of rotatable bonds is 4. The molecule has 126 valence electrons. The highest BCUT2D eigenvalue weighted by atomic mass is 16.7. The van der Waals surface area contributed by atoms with Crippen molar-refractivity contribution in [3.8, 4) is 11.5 Å². The molecule has 0 saturated carbocycles. The minimum absolute atomic E-state index is 0.122. The lowest BCUT2D eigenvalue weighted by atomic mass is 10.0. The smallest absolute Gasteiger partial charge is 0.408 e. The van der Waals surface area contributed by atoms with Gasteiger partial charge in [-0.3, -0.25) is 0 Å². The highest BCUT2D eigenvalue weighted by Crippen LogP contribution is 2.35. The fourth-order valence-electron chi connectivity index (χ4n) is 2.18. The van der Waals surface area contributed by atoms with Crippen LogP contribution in [0.2, 0.25) is 0 Å². The minimum atomic E-state index is -1.13. The average molecular weight is 323 g/mol. The number of hydrogen-bond donors (Lipinski definition) is 2. The molecule has 1 aromatic rings. The van der Waals surface area contributed by atoms with Crippen molar-refractivity contribution < 1.29 is 28.9 Å². The lowest BCUT2D eigenvalue weighted by Crippen LogP contribution is -2.44. The molecule has 0 aliphatic carbocycles. The molecule has 0 saturated heterocycles. The van der Waals surface area contributed by atoms with Crippen LogP contribution in [0.4, 0.5) is 4.79 Å². The molecule has 7 heteroatoms. The summed E-state index contributed by atoms with van der Waals surface area (Å²) in [5, 5.41) is 11.7. The van der Waals surface area contributed by atoms with Crippen LogP contribution >= 0.6 is 0 Å². The second kappa shape index (κ2) is 6.36. The van der Waals surface area contributed by atoms with E-state index < -0.39 is 23.7 Å². The quantitative estimate of drug-likeness (QED) is 0.882. The molecule has 1 aliphatic rings. The molecule has 2 N–H and O–H groups in total. The summed E-state index contributed by atoms with van der Waals surface area (Å²) in [5.74, 6) is 0.0816. The van der Waals surface area contributed by atoms with E-state index in [0.717, 1.165) is 11.1 Å². The van der Waals surface area contributed by atoms with Crippen molar-refractivity contribution in [3.05, 3.63) is 23.3 Å². The first-order chi connectivity index (χ1) is 10.7. The topological polar surface area (TPSA) is 94.1 Å². The van der Waals surface area contributed by atoms with Gasteiger partial charge in [0.2, 0.25) is 6.79 Å². The van der Waals surface area contributed by atoms with Gasteiger partial charge in [0.1, 0.15) is 11.6 Å². The number of carboxylic acid groups (broad SMARTS) is 1. The summed E-state index contributed by atoms with van der Waals surface area (Å²) >= 11 is 0. The van der Waals surface area contributed by atoms with Gasteiger partial charge >= 0.3 is 12.1 Å². The second-order valence-electron chi connectivity index (χ2n) is 6.37. The number of carbonyl (C=O) groups is 2. The van der Waals surface area contributed by atoms with Crippen molar-refractivity contribution in [2.75, 3.05) is 6.79 Å². The number of aryl methyl sites for hydroxylation is 1. The number of carboxylic acids is 1. The standard InChI is InChI=1S/C16H21NO6/c1-9-5-12-13(22-8-21-12)7-10(9)6-11(14(18)19)17-15(20)23-16(2,3)4/h5,7,11H,6,8H2,1-4H3,(H,17,20)(H,18,19). The van der Waals surface area contributed by atoms with Gasteiger partial charge in [0.05, 0.1) is 0 Å². The zero-order valence-electron chi connectivity index (χ0n) is 13.6. The molecule has 0 bridgehead atoms. The zero-order valence-corrected chi connectivity index (χ0v) is 13.6. The molecule has 0 aromatic heterocycles. The van der Waals surface area contributed by atoms with Crippen molar-refractivity contribution in [2.45, 2.75) is 45.8 Å². The molecular formula is C16H21NO6. The number of alkyl carbamates (subject to hydrolysis) is 1. The number of fused-ring (bicyclic) bond motifs is 1. The van der Waals surface area contributed by atoms with Gasteiger partial charge in [-0.15, -0.1) is 0 Å². The predicted octanol–water partition coefficient (Wildman–Crippen LogP) is 2.24. The molecular weight excluding hydrogens is 302 g/mol. The molecule has 7 nitrogen and oxygen atoms in total. The number of hydrogen-bond acceptors (Lipinski definition) is 5. The largest absolute Gasteiger partial charge is 0.480 e. The van der Waals surface area contributed by atoms with Crippen LogP contribution in [0.1, 0.15) is 31.9 Å². The normalized spacial score (nSPS) is 14.3. The van der Waals surface area contributed by atoms with Gasteiger partial charge in [-0.05, 0) is 51.0 Å². The van der Waals surface area contributed by atoms with Gasteiger partial charge in [-0.1, -0.05) is 0 Å². The van der Waals surface area contributed by atoms with E-state index >= 15 is 0 Å². The third-order valence-electron chi connectivity index (χ3n) is 3.24. The van der Waals surface area contributed by atoms with Crippen LogP contribution in [0.3, 0.4) is 0 Å². The SMILES string of the molecule is Cc1cc2c(cc1CC(NC(=O)OC(C)(C)C)C(=O)O)OCO2. The van der Waals surface area contributed by atoms with Crippen LogP contribution in [0.5, 0.6) is 11.5 Å². The Morgan fingerprint density at radius 3 is 2.48 bits per heavy atom. The molecule has 1 atom stereocenters. The number of aliphatic carboxylic acids is 1. The zero-order chi connectivity index (χ0) is 17.2. The third-order valence-corrected chi connectivity index (χ3v) is 3.24. The Morgan fingerprint density at radius 2 is 1.91 bits per heavy atom. The van der Waals surface area contributed by atoms with Gasteiger partial charge in [-0.25, -0.2) is 9.59 Å². The maximum atomic E-state index is 11.8. The number of amides is 1. The number of benzene rings is 1. The molecule has 1 heterocycles. The fourth-order valence-corrected chi connectivity index (χ4v) is 2.18. The van der Waals surface area contributed by atoms with Gasteiger partial charge in [0, 0.05) is 6.42 Å². The summed E-state index contributed by atoms with van der Waals surface area (Å²) < 4.78 is 15.7. The van der Waals surface area contributed by atoms with Gasteiger partial charge in [0.25, 0.3) is 0 Å². The molecule has 1 aromatic carbocycles. The molecule has 1 aliphatic heterocycles. The van der Waals surface area contributed by atoms with Crippen molar-refractivity contribution in [1.29, 1.82) is 0 Å². The van der Waals surface area contributed by atoms with E-state index in [2.05, 4.69) is 5.32 Å². The van der Waals surface area contributed by atoms with E-state index in [1.54, 1.807) is 32.9 Å². The first-order valence-electron chi connectivity index (χ1n) is 7.27. The number of ether oxygens (including phenoxy) is 3. The molecule has 2 rings (SSSR count). The number of carbonyl (C=O) groups excluding carboxylic acids is 1. The van der Waals surface area contributed by atoms with Crippen molar-refractivity contribution in [3.63, 3.8) is 0 Å². The summed E-state index contributed by atoms with van der Waals surface area (Å²) in [6.45, 7) is 7.14. The molecule has 1 amide bonds.